The van der Waals surface area contributed by atoms with E-state index >= 15 is 0 Å². The Hall–Kier alpha value is -1.73. The van der Waals surface area contributed by atoms with Crippen LogP contribution < -0.4 is 0 Å². The molecule has 0 spiro atoms. The summed E-state index contributed by atoms with van der Waals surface area (Å²) in [5.74, 6) is 0. The topological polar surface area (TPSA) is 59.0 Å². The van der Waals surface area contributed by atoms with Crippen LogP contribution >= 0.6 is 11.6 Å². The van der Waals surface area contributed by atoms with E-state index in [4.69, 9.17) is 16.3 Å². The molecule has 1 fully saturated rings. The van der Waals surface area contributed by atoms with E-state index in [1.165, 1.54) is 4.31 Å². The number of benzene rings is 2. The van der Waals surface area contributed by atoms with Crippen molar-refractivity contribution < 1.29 is 13.2 Å². The fourth-order valence-electron chi connectivity index (χ4n) is 2.36. The highest BCUT2D eigenvalue weighted by molar-refractivity contribution is 7.89. The summed E-state index contributed by atoms with van der Waals surface area (Å²) in [7, 11) is -3.47. The number of morpholine rings is 1. The molecule has 0 aliphatic carbocycles. The minimum Gasteiger partial charge on any atom is -0.379 e. The third-order valence-corrected chi connectivity index (χ3v) is 5.96. The van der Waals surface area contributed by atoms with E-state index in [-0.39, 0.29) is 4.90 Å². The molecule has 1 aliphatic rings. The molecule has 0 bridgehead atoms. The summed E-state index contributed by atoms with van der Waals surface area (Å²) < 4.78 is 31.7. The Balaban J connectivity index is 1.77. The lowest BCUT2D eigenvalue weighted by Gasteiger charge is -2.26. The van der Waals surface area contributed by atoms with Crippen LogP contribution in [0, 0.1) is 0 Å². The van der Waals surface area contributed by atoms with E-state index in [2.05, 4.69) is 4.99 Å². The molecule has 0 amide bonds. The summed E-state index contributed by atoms with van der Waals surface area (Å²) >= 11 is 6.08. The van der Waals surface area contributed by atoms with Crippen molar-refractivity contribution in [3.8, 4) is 0 Å². The number of hydrogen-bond acceptors (Lipinski definition) is 4. The van der Waals surface area contributed by atoms with Gasteiger partial charge in [0.25, 0.3) is 0 Å². The number of rotatable bonds is 4. The molecule has 126 valence electrons. The van der Waals surface area contributed by atoms with Crippen molar-refractivity contribution in [3.63, 3.8) is 0 Å². The molecule has 2 aromatic rings. The van der Waals surface area contributed by atoms with Crippen LogP contribution in [0.15, 0.2) is 58.4 Å². The SMILES string of the molecule is O=S(=O)(c1ccc(N=Cc2ccccc2Cl)cc1)N1CCOCC1. The molecule has 0 unspecified atom stereocenters. The smallest absolute Gasteiger partial charge is 0.243 e. The summed E-state index contributed by atoms with van der Waals surface area (Å²) in [4.78, 5) is 4.60. The first-order valence-corrected chi connectivity index (χ1v) is 9.36. The average molecular weight is 365 g/mol. The van der Waals surface area contributed by atoms with Gasteiger partial charge < -0.3 is 4.74 Å². The minimum absolute atomic E-state index is 0.265. The summed E-state index contributed by atoms with van der Waals surface area (Å²) in [6.07, 6.45) is 1.66. The maximum atomic E-state index is 12.5. The Kier molecular flexibility index (Phi) is 5.30. The Morgan fingerprint density at radius 2 is 1.71 bits per heavy atom. The normalized spacial score (nSPS) is 16.5. The van der Waals surface area contributed by atoms with Gasteiger partial charge in [-0.2, -0.15) is 4.31 Å². The van der Waals surface area contributed by atoms with E-state index in [0.29, 0.717) is 37.0 Å². The summed E-state index contributed by atoms with van der Waals surface area (Å²) in [6, 6.07) is 13.9. The van der Waals surface area contributed by atoms with Crippen LogP contribution in [-0.2, 0) is 14.8 Å². The largest absolute Gasteiger partial charge is 0.379 e. The van der Waals surface area contributed by atoms with E-state index in [1.54, 1.807) is 36.5 Å². The Labute approximate surface area is 146 Å². The standard InChI is InChI=1S/C17H17ClN2O3S/c18-17-4-2-1-3-14(17)13-19-15-5-7-16(8-6-15)24(21,22)20-9-11-23-12-10-20/h1-8,13H,9-12H2. The Bertz CT molecular complexity index is 829. The number of aliphatic imine (C=N–C) groups is 1. The van der Waals surface area contributed by atoms with Crippen LogP contribution in [0.5, 0.6) is 0 Å². The molecule has 0 aromatic heterocycles. The monoisotopic (exact) mass is 364 g/mol. The lowest BCUT2D eigenvalue weighted by atomic mass is 10.2. The molecule has 1 aliphatic heterocycles. The highest BCUT2D eigenvalue weighted by atomic mass is 35.5. The van der Waals surface area contributed by atoms with Crippen LogP contribution in [-0.4, -0.2) is 45.2 Å². The molecule has 1 heterocycles. The number of halogens is 1. The number of sulfonamides is 1. The van der Waals surface area contributed by atoms with Gasteiger partial charge in [-0.1, -0.05) is 29.8 Å². The molecule has 3 rings (SSSR count). The van der Waals surface area contributed by atoms with Gasteiger partial charge in [-0.25, -0.2) is 8.42 Å². The van der Waals surface area contributed by atoms with E-state index in [0.717, 1.165) is 5.56 Å². The molecule has 0 atom stereocenters. The van der Waals surface area contributed by atoms with Gasteiger partial charge in [0.2, 0.25) is 10.0 Å². The van der Waals surface area contributed by atoms with Gasteiger partial charge in [-0.3, -0.25) is 4.99 Å². The first kappa shape index (κ1) is 17.1. The molecule has 7 heteroatoms. The Morgan fingerprint density at radius 1 is 1.04 bits per heavy atom. The van der Waals surface area contributed by atoms with Crippen molar-refractivity contribution in [1.29, 1.82) is 0 Å². The predicted octanol–water partition coefficient (Wildman–Crippen LogP) is 3.11. The summed E-state index contributed by atoms with van der Waals surface area (Å²) in [5, 5.41) is 0.618. The zero-order valence-electron chi connectivity index (χ0n) is 12.9. The van der Waals surface area contributed by atoms with Gasteiger partial charge in [0, 0.05) is 29.9 Å². The highest BCUT2D eigenvalue weighted by Gasteiger charge is 2.25. The maximum Gasteiger partial charge on any atom is 0.243 e. The minimum atomic E-state index is -3.47. The molecule has 24 heavy (non-hydrogen) atoms. The Morgan fingerprint density at radius 3 is 2.38 bits per heavy atom. The first-order chi connectivity index (χ1) is 11.6. The van der Waals surface area contributed by atoms with Gasteiger partial charge in [0.15, 0.2) is 0 Å². The van der Waals surface area contributed by atoms with Crippen LogP contribution in [0.4, 0.5) is 5.69 Å². The molecule has 0 radical (unpaired) electrons. The first-order valence-electron chi connectivity index (χ1n) is 7.54. The van der Waals surface area contributed by atoms with E-state index < -0.39 is 10.0 Å². The average Bonchev–Trinajstić information content (AvgIpc) is 2.62. The van der Waals surface area contributed by atoms with Crippen molar-refractivity contribution in [1.82, 2.24) is 4.31 Å². The van der Waals surface area contributed by atoms with Crippen molar-refractivity contribution >= 4 is 33.5 Å². The molecular weight excluding hydrogens is 348 g/mol. The molecule has 0 N–H and O–H groups in total. The van der Waals surface area contributed by atoms with Gasteiger partial charge in [-0.15, -0.1) is 0 Å². The van der Waals surface area contributed by atoms with Gasteiger partial charge in [0.1, 0.15) is 0 Å². The number of ether oxygens (including phenoxy) is 1. The van der Waals surface area contributed by atoms with Crippen LogP contribution in [0.1, 0.15) is 5.56 Å². The van der Waals surface area contributed by atoms with E-state index in [1.807, 2.05) is 18.2 Å². The molecular formula is C17H17ClN2O3S. The third-order valence-electron chi connectivity index (χ3n) is 3.70. The number of nitrogens with zero attached hydrogens (tertiary/aromatic N) is 2. The summed E-state index contributed by atoms with van der Waals surface area (Å²) in [5.41, 5.74) is 1.47. The van der Waals surface area contributed by atoms with Crippen LogP contribution in [0.2, 0.25) is 5.02 Å². The van der Waals surface area contributed by atoms with E-state index in [9.17, 15) is 8.42 Å². The molecule has 1 saturated heterocycles. The molecule has 0 saturated carbocycles. The third kappa shape index (κ3) is 3.84. The maximum absolute atomic E-state index is 12.5. The molecule has 2 aromatic carbocycles. The second-order valence-electron chi connectivity index (χ2n) is 5.29. The second-order valence-corrected chi connectivity index (χ2v) is 7.64. The van der Waals surface area contributed by atoms with Gasteiger partial charge >= 0.3 is 0 Å². The summed E-state index contributed by atoms with van der Waals surface area (Å²) in [6.45, 7) is 1.63. The number of hydrogen-bond donors (Lipinski definition) is 0. The lowest BCUT2D eigenvalue weighted by Crippen LogP contribution is -2.40. The molecule has 5 nitrogen and oxygen atoms in total. The van der Waals surface area contributed by atoms with Gasteiger partial charge in [0.05, 0.1) is 23.8 Å². The zero-order chi connectivity index (χ0) is 17.0. The van der Waals surface area contributed by atoms with Crippen molar-refractivity contribution in [2.24, 2.45) is 4.99 Å². The zero-order valence-corrected chi connectivity index (χ0v) is 14.5. The van der Waals surface area contributed by atoms with Gasteiger partial charge in [-0.05, 0) is 30.3 Å². The predicted molar refractivity (Wildman–Crippen MR) is 94.7 cm³/mol. The fraction of sp³-hybridized carbons (Fsp3) is 0.235. The highest BCUT2D eigenvalue weighted by Crippen LogP contribution is 2.21. The quantitative estimate of drug-likeness (QED) is 0.783. The fourth-order valence-corrected chi connectivity index (χ4v) is 3.96. The van der Waals surface area contributed by atoms with Crippen molar-refractivity contribution in [3.05, 3.63) is 59.1 Å². The van der Waals surface area contributed by atoms with Crippen LogP contribution in [0.25, 0.3) is 0 Å². The van der Waals surface area contributed by atoms with Crippen molar-refractivity contribution in [2.75, 3.05) is 26.3 Å². The lowest BCUT2D eigenvalue weighted by molar-refractivity contribution is 0.0730. The second kappa shape index (κ2) is 7.44. The van der Waals surface area contributed by atoms with Crippen LogP contribution in [0.3, 0.4) is 0 Å². The van der Waals surface area contributed by atoms with Crippen molar-refractivity contribution in [2.45, 2.75) is 4.90 Å².